The molecule has 0 fully saturated rings. The first-order valence-corrected chi connectivity index (χ1v) is 49.7. The van der Waals surface area contributed by atoms with E-state index in [4.69, 9.17) is 67.9 Å². The smallest absolute Gasteiger partial charge is 0.407 e. The molecular formula is C72H144Cl2N16O29S5. The van der Waals surface area contributed by atoms with E-state index in [1.807, 2.05) is 27.7 Å². The third kappa shape index (κ3) is 97.5. The van der Waals surface area contributed by atoms with Crippen molar-refractivity contribution in [3.05, 3.63) is 31.3 Å². The molecule has 0 aromatic heterocycles. The Labute approximate surface area is 744 Å². The third-order valence-corrected chi connectivity index (χ3v) is 22.5. The van der Waals surface area contributed by atoms with Gasteiger partial charge in [-0.15, -0.1) is 12.4 Å². The van der Waals surface area contributed by atoms with Crippen molar-refractivity contribution in [2.24, 2.45) is 26.8 Å². The number of methoxy groups -OCH3 is 4. The first kappa shape index (κ1) is 133. The number of aliphatic carboxylic acids is 2. The highest BCUT2D eigenvalue weighted by molar-refractivity contribution is 8.13. The second-order valence-corrected chi connectivity index (χ2v) is 38.0. The highest BCUT2D eigenvalue weighted by Crippen LogP contribution is 2.13. The summed E-state index contributed by atoms with van der Waals surface area (Å²) in [5.41, 5.74) is 34.0. The van der Waals surface area contributed by atoms with E-state index in [9.17, 15) is 85.2 Å². The number of nitrogens with zero attached hydrogens (tertiary/aromatic N) is 9. The summed E-state index contributed by atoms with van der Waals surface area (Å²) in [5.74, 6) is -5.42. The second kappa shape index (κ2) is 85.7. The Kier molecular flexibility index (Phi) is 91.9. The van der Waals surface area contributed by atoms with E-state index >= 15 is 0 Å². The average molecular weight is 1930 g/mol. The minimum absolute atomic E-state index is 0. The van der Waals surface area contributed by atoms with Crippen molar-refractivity contribution >= 4 is 126 Å². The summed E-state index contributed by atoms with van der Waals surface area (Å²) in [6, 6.07) is -4.17. The number of ether oxygens (including phenoxy) is 8. The van der Waals surface area contributed by atoms with Crippen molar-refractivity contribution in [1.29, 1.82) is 0 Å². The number of nitrogens with one attached hydrogen (secondary N) is 5. The second-order valence-electron chi connectivity index (χ2n) is 27.6. The summed E-state index contributed by atoms with van der Waals surface area (Å²) >= 11 is 0. The highest BCUT2D eigenvalue weighted by atomic mass is 35.7. The van der Waals surface area contributed by atoms with Gasteiger partial charge in [0.25, 0.3) is 0 Å². The lowest BCUT2D eigenvalue weighted by molar-refractivity contribution is -0.143. The summed E-state index contributed by atoms with van der Waals surface area (Å²) < 4.78 is 163. The van der Waals surface area contributed by atoms with Crippen molar-refractivity contribution in [2.45, 2.75) is 278 Å². The van der Waals surface area contributed by atoms with E-state index in [1.54, 1.807) is 27.7 Å². The Morgan fingerprint density at radius 2 is 0.726 bits per heavy atom. The number of hydrogen-bond acceptors (Lipinski definition) is 32. The maximum atomic E-state index is 12.1. The van der Waals surface area contributed by atoms with E-state index in [0.717, 1.165) is 96.3 Å². The average Bonchev–Trinajstić information content (AvgIpc) is 0.881. The number of nitrogens with two attached hydrogens (primary N) is 2. The van der Waals surface area contributed by atoms with Crippen molar-refractivity contribution in [2.75, 3.05) is 130 Å². The molecule has 0 aromatic carbocycles. The summed E-state index contributed by atoms with van der Waals surface area (Å²) in [7, 11) is -8.03. The van der Waals surface area contributed by atoms with Gasteiger partial charge in [-0.05, 0) is 88.7 Å². The molecule has 0 bridgehead atoms. The predicted molar refractivity (Wildman–Crippen MR) is 472 cm³/mol. The number of ketones is 2. The lowest BCUT2D eigenvalue weighted by Gasteiger charge is -2.20. The normalized spacial score (nSPS) is 12.2. The Balaban J connectivity index is -0.000000219. The maximum Gasteiger partial charge on any atom is 0.407 e. The Morgan fingerprint density at radius 3 is 1.00 bits per heavy atom. The molecule has 0 saturated heterocycles. The fraction of sp³-hybridized carbons (Fsp3) is 0.875. The van der Waals surface area contributed by atoms with Gasteiger partial charge in [0, 0.05) is 83.8 Å². The Hall–Kier alpha value is -6.67. The van der Waals surface area contributed by atoms with Crippen LogP contribution >= 0.6 is 23.1 Å². The number of Topliss-reactive ketones (excluding diaryl/α,β-unsaturated/α-hetero) is 2. The van der Waals surface area contributed by atoms with Gasteiger partial charge in [-0.1, -0.05) is 153 Å². The van der Waals surface area contributed by atoms with E-state index < -0.39 is 121 Å². The number of unbranched alkanes of at least 4 members (excludes halogenated alkanes) is 10. The molecule has 45 nitrogen and oxygen atoms in total. The van der Waals surface area contributed by atoms with Gasteiger partial charge in [0.05, 0.1) is 103 Å². The molecular weight excluding hydrogens is 1780 g/mol. The van der Waals surface area contributed by atoms with Crippen LogP contribution in [0.4, 0.5) is 4.79 Å². The van der Waals surface area contributed by atoms with Crippen LogP contribution in [0.2, 0.25) is 0 Å². The molecule has 1 amide bonds. The van der Waals surface area contributed by atoms with Crippen LogP contribution in [0.15, 0.2) is 15.3 Å². The molecule has 0 radical (unpaired) electrons. The number of alkyl carbamates (subject to hydrolysis) is 1. The van der Waals surface area contributed by atoms with Crippen LogP contribution in [0.5, 0.6) is 0 Å². The lowest BCUT2D eigenvalue weighted by Crippen LogP contribution is -2.44. The van der Waals surface area contributed by atoms with Crippen molar-refractivity contribution < 1.29 is 133 Å². The largest absolute Gasteiger partial charge is 0.481 e. The lowest BCUT2D eigenvalue weighted by atomic mass is 10.1. The first-order valence-electron chi connectivity index (χ1n) is 40.6. The van der Waals surface area contributed by atoms with Gasteiger partial charge >= 0.3 is 41.9 Å². The predicted octanol–water partition coefficient (Wildman–Crippen LogP) is 8.88. The molecule has 0 rings (SSSR count). The van der Waals surface area contributed by atoms with E-state index in [2.05, 4.69) is 80.2 Å². The number of rotatable bonds is 66. The number of sulfonamides is 4. The molecule has 0 saturated carbocycles. The van der Waals surface area contributed by atoms with Gasteiger partial charge in [-0.3, -0.25) is 38.4 Å². The zero-order chi connectivity index (χ0) is 95.6. The maximum absolute atomic E-state index is 12.1. The summed E-state index contributed by atoms with van der Waals surface area (Å²) in [5, 5.41) is 29.4. The number of hydrogen-bond donors (Lipinski definition) is 9. The molecule has 11 N–H and O–H groups in total. The summed E-state index contributed by atoms with van der Waals surface area (Å²) in [6.45, 7) is 18.9. The molecule has 5 atom stereocenters. The number of carboxylic acids is 2. The van der Waals surface area contributed by atoms with Gasteiger partial charge in [-0.25, -0.2) is 65.8 Å². The van der Waals surface area contributed by atoms with Crippen LogP contribution in [0.3, 0.4) is 0 Å². The Morgan fingerprint density at radius 1 is 0.419 bits per heavy atom. The van der Waals surface area contributed by atoms with Crippen molar-refractivity contribution in [1.82, 2.24) is 24.2 Å². The van der Waals surface area contributed by atoms with Gasteiger partial charge in [-0.2, -0.15) is 0 Å². The van der Waals surface area contributed by atoms with Crippen LogP contribution in [-0.4, -0.2) is 271 Å². The highest BCUT2D eigenvalue weighted by Gasteiger charge is 2.29. The van der Waals surface area contributed by atoms with Crippen molar-refractivity contribution in [3.8, 4) is 0 Å². The molecule has 0 aromatic rings. The number of amides is 1. The van der Waals surface area contributed by atoms with E-state index in [0.29, 0.717) is 32.1 Å². The molecule has 0 unspecified atom stereocenters. The van der Waals surface area contributed by atoms with Crippen LogP contribution < -0.4 is 35.7 Å². The van der Waals surface area contributed by atoms with E-state index in [1.165, 1.54) is 28.4 Å². The summed E-state index contributed by atoms with van der Waals surface area (Å²) in [4.78, 5) is 109. The van der Waals surface area contributed by atoms with Crippen LogP contribution in [0.1, 0.15) is 242 Å². The quantitative estimate of drug-likeness (QED) is 0.00522. The molecule has 0 spiro atoms. The molecule has 730 valence electrons. The standard InChI is InChI=1S/C16H30N4O6S.C15H28N4O6S.C15H30N2O6S.C10H22N2O4S.C8H17NO2.C5H9N3O3.C3H7ClO2S.ClH/c1-3-4-5-8-15(16(22)25-2)19-27(23,24)13-6-7-14(21)9-11-26-12-10-18-20-17;1-2-3-4-7-14(15(21)22)18-26(23,24)12-5-6-13(20)8-10-25-11-9-17-19-16;1-6-7-8-9-12(13(18)22-5)17-24(20,21)11-10-16-14(19)23-15(2,3)4;1-3-4-5-6-9(10(13)16-2)12-17(14,15)8-7-11;1-3-4-5-6-7(9)8(10)11-2;6-8-7-2-4-11-3-1-5(9)10;1-2-3-7(4,5)6;/h15,19H,3-13H2,1-2H3;14,18H,2-12H2,1H3,(H,21,22);12,17H,6-11H2,1-5H3,(H,16,19);9,12H,3-8,11H2,1-2H3;7H,3-6,9H2,1-2H3;1-4H2,(H,9,10);2-3H2,1H3;1H/t15-;14-;12-;9-;7-;;;/m00000.../s1. The number of carboxylic acid groups (broad SMARTS) is 2. The van der Waals surface area contributed by atoms with Gasteiger partial charge in [0.15, 0.2) is 0 Å². The van der Waals surface area contributed by atoms with Crippen LogP contribution in [-0.2, 0) is 125 Å². The zero-order valence-corrected chi connectivity index (χ0v) is 80.1. The summed E-state index contributed by atoms with van der Waals surface area (Å²) in [6.07, 6.45) is 16.4. The minimum Gasteiger partial charge on any atom is -0.481 e. The monoisotopic (exact) mass is 1930 g/mol. The number of azide groups is 3. The van der Waals surface area contributed by atoms with Gasteiger partial charge in [0.1, 0.15) is 47.4 Å². The van der Waals surface area contributed by atoms with Crippen molar-refractivity contribution in [3.63, 3.8) is 0 Å². The van der Waals surface area contributed by atoms with Gasteiger partial charge < -0.3 is 64.9 Å². The van der Waals surface area contributed by atoms with Crippen LogP contribution in [0.25, 0.3) is 31.3 Å². The first-order chi connectivity index (χ1) is 57.7. The Bertz CT molecular complexity index is 3620. The number of carbonyl (C=O) groups excluding carboxylic acids is 7. The molecule has 0 aliphatic rings. The molecule has 0 aliphatic carbocycles. The molecule has 124 heavy (non-hydrogen) atoms. The zero-order valence-electron chi connectivity index (χ0n) is 74.4. The fourth-order valence-electron chi connectivity index (χ4n) is 9.17. The van der Waals surface area contributed by atoms with Crippen LogP contribution in [0, 0.1) is 0 Å². The number of halogens is 2. The number of carbonyl (C=O) groups is 9. The third-order valence-electron chi connectivity index (χ3n) is 15.4. The SMILES string of the molecule is CCCCC[C@H](N)C(=O)OC.CCCCC[C@H](NS(=O)(=O)CCCC(=O)CCOCCN=[N+]=[N-])C(=O)O.CCCCC[C@H](NS(=O)(=O)CCCC(=O)CCOCCN=[N+]=[N-])C(=O)OC.CCCCC[C@H](NS(=O)(=O)CCN)C(=O)OC.CCCCC[C@H](NS(=O)(=O)CCNC(=O)OC(C)(C)C)C(=O)OC.CCCS(=O)(=O)Cl.Cl.[N-]=[N+]=NCCOCCC(=O)O. The topological polar surface area (TPSA) is 697 Å². The number of esters is 4. The minimum atomic E-state index is -3.75. The molecule has 0 aliphatic heterocycles. The molecule has 0 heterocycles. The molecule has 52 heteroatoms. The fourth-order valence-corrected chi connectivity index (χ4v) is 14.9. The van der Waals surface area contributed by atoms with Gasteiger partial charge in [0.2, 0.25) is 49.1 Å². The van der Waals surface area contributed by atoms with E-state index in [-0.39, 0.29) is 182 Å².